The number of likely N-dealkylation sites (N-methyl/N-ethyl adjacent to an activating group) is 1. The van der Waals surface area contributed by atoms with E-state index in [1.54, 1.807) is 30.1 Å². The number of rotatable bonds is 6. The lowest BCUT2D eigenvalue weighted by molar-refractivity contribution is -0.129. The molecule has 21 heavy (non-hydrogen) atoms. The molecule has 1 aliphatic heterocycles. The lowest BCUT2D eigenvalue weighted by Gasteiger charge is -2.21. The Balaban J connectivity index is 1.89. The summed E-state index contributed by atoms with van der Waals surface area (Å²) < 4.78 is 0. The number of carbonyl (C=O) groups excluding carboxylic acids is 1. The molecule has 5 nitrogen and oxygen atoms in total. The molecule has 1 saturated heterocycles. The van der Waals surface area contributed by atoms with Crippen LogP contribution in [-0.4, -0.2) is 60.0 Å². The molecule has 0 aliphatic carbocycles. The summed E-state index contributed by atoms with van der Waals surface area (Å²) in [6, 6.07) is 6.68. The fourth-order valence-electron chi connectivity index (χ4n) is 2.60. The highest BCUT2D eigenvalue weighted by Crippen LogP contribution is 2.11. The van der Waals surface area contributed by atoms with Crippen molar-refractivity contribution in [3.8, 4) is 0 Å². The monoisotopic (exact) mass is 290 g/mol. The van der Waals surface area contributed by atoms with E-state index in [9.17, 15) is 9.59 Å². The van der Waals surface area contributed by atoms with Gasteiger partial charge in [0.1, 0.15) is 0 Å². The minimum absolute atomic E-state index is 0.0390. The fourth-order valence-corrected chi connectivity index (χ4v) is 2.60. The number of nitrogens with zero attached hydrogens (tertiary/aromatic N) is 2. The molecule has 0 bridgehead atoms. The number of benzene rings is 1. The number of carbonyl (C=O) groups is 2. The van der Waals surface area contributed by atoms with Gasteiger partial charge < -0.3 is 14.9 Å². The molecular weight excluding hydrogens is 268 g/mol. The number of aromatic carboxylic acids is 1. The van der Waals surface area contributed by atoms with E-state index >= 15 is 0 Å². The van der Waals surface area contributed by atoms with Crippen molar-refractivity contribution in [3.63, 3.8) is 0 Å². The summed E-state index contributed by atoms with van der Waals surface area (Å²) in [6.45, 7) is 3.81. The highest BCUT2D eigenvalue weighted by atomic mass is 16.4. The number of hydrogen-bond donors (Lipinski definition) is 1. The van der Waals surface area contributed by atoms with E-state index in [1.807, 2.05) is 0 Å². The SMILES string of the molecule is CN(CCN1CCCC1)C(=O)Cc1ccccc1C(=O)O. The van der Waals surface area contributed by atoms with Crippen LogP contribution in [-0.2, 0) is 11.2 Å². The Kier molecular flexibility index (Phi) is 5.33. The first kappa shape index (κ1) is 15.5. The van der Waals surface area contributed by atoms with Crippen molar-refractivity contribution in [1.29, 1.82) is 0 Å². The van der Waals surface area contributed by atoms with E-state index in [1.165, 1.54) is 18.9 Å². The first-order valence-corrected chi connectivity index (χ1v) is 7.35. The number of likely N-dealkylation sites (tertiary alicyclic amines) is 1. The highest BCUT2D eigenvalue weighted by molar-refractivity contribution is 5.91. The quantitative estimate of drug-likeness (QED) is 0.862. The minimum Gasteiger partial charge on any atom is -0.478 e. The molecule has 1 amide bonds. The summed E-state index contributed by atoms with van der Waals surface area (Å²) in [4.78, 5) is 27.4. The summed E-state index contributed by atoms with van der Waals surface area (Å²) in [5.41, 5.74) is 0.779. The van der Waals surface area contributed by atoms with Crippen LogP contribution in [0.25, 0.3) is 0 Å². The van der Waals surface area contributed by atoms with Gasteiger partial charge in [-0.3, -0.25) is 4.79 Å². The molecule has 0 atom stereocenters. The molecule has 0 unspecified atom stereocenters. The lowest BCUT2D eigenvalue weighted by atomic mass is 10.0. The van der Waals surface area contributed by atoms with E-state index in [0.717, 1.165) is 19.6 Å². The third-order valence-corrected chi connectivity index (χ3v) is 3.97. The molecule has 0 spiro atoms. The smallest absolute Gasteiger partial charge is 0.335 e. The summed E-state index contributed by atoms with van der Waals surface area (Å²) >= 11 is 0. The molecule has 1 aliphatic rings. The number of hydrogen-bond acceptors (Lipinski definition) is 3. The van der Waals surface area contributed by atoms with Crippen molar-refractivity contribution in [2.75, 3.05) is 33.2 Å². The third-order valence-electron chi connectivity index (χ3n) is 3.97. The molecule has 114 valence electrons. The van der Waals surface area contributed by atoms with E-state index in [2.05, 4.69) is 4.90 Å². The maximum absolute atomic E-state index is 12.2. The average Bonchev–Trinajstić information content (AvgIpc) is 2.98. The Morgan fingerprint density at radius 2 is 1.90 bits per heavy atom. The maximum Gasteiger partial charge on any atom is 0.335 e. The van der Waals surface area contributed by atoms with Crippen LogP contribution in [0.1, 0.15) is 28.8 Å². The lowest BCUT2D eigenvalue weighted by Crippen LogP contribution is -2.36. The predicted molar refractivity (Wildman–Crippen MR) is 80.4 cm³/mol. The van der Waals surface area contributed by atoms with Crippen molar-refractivity contribution >= 4 is 11.9 Å². The van der Waals surface area contributed by atoms with Crippen LogP contribution in [0, 0.1) is 0 Å². The van der Waals surface area contributed by atoms with E-state index in [-0.39, 0.29) is 17.9 Å². The van der Waals surface area contributed by atoms with Gasteiger partial charge in [-0.2, -0.15) is 0 Å². The topological polar surface area (TPSA) is 60.9 Å². The van der Waals surface area contributed by atoms with Crippen LogP contribution in [0.3, 0.4) is 0 Å². The van der Waals surface area contributed by atoms with Gasteiger partial charge in [0.2, 0.25) is 5.91 Å². The first-order chi connectivity index (χ1) is 10.1. The molecule has 1 aromatic carbocycles. The average molecular weight is 290 g/mol. The Morgan fingerprint density at radius 3 is 2.57 bits per heavy atom. The summed E-state index contributed by atoms with van der Waals surface area (Å²) in [6.07, 6.45) is 2.62. The van der Waals surface area contributed by atoms with Crippen molar-refractivity contribution < 1.29 is 14.7 Å². The second kappa shape index (κ2) is 7.22. The zero-order valence-corrected chi connectivity index (χ0v) is 12.4. The van der Waals surface area contributed by atoms with Gasteiger partial charge in [-0.05, 0) is 37.6 Å². The van der Waals surface area contributed by atoms with E-state index in [0.29, 0.717) is 12.1 Å². The largest absolute Gasteiger partial charge is 0.478 e. The van der Waals surface area contributed by atoms with Crippen molar-refractivity contribution in [2.24, 2.45) is 0 Å². The normalized spacial score (nSPS) is 15.1. The molecule has 0 radical (unpaired) electrons. The molecule has 1 heterocycles. The van der Waals surface area contributed by atoms with Gasteiger partial charge in [-0.1, -0.05) is 18.2 Å². The van der Waals surface area contributed by atoms with Crippen molar-refractivity contribution in [2.45, 2.75) is 19.3 Å². The Bertz CT molecular complexity index is 510. The Morgan fingerprint density at radius 1 is 1.24 bits per heavy atom. The van der Waals surface area contributed by atoms with Crippen LogP contribution in [0.2, 0.25) is 0 Å². The van der Waals surface area contributed by atoms with Crippen LogP contribution in [0.15, 0.2) is 24.3 Å². The van der Waals surface area contributed by atoms with Gasteiger partial charge in [0, 0.05) is 20.1 Å². The minimum atomic E-state index is -0.988. The Hall–Kier alpha value is -1.88. The van der Waals surface area contributed by atoms with Crippen molar-refractivity contribution in [1.82, 2.24) is 9.80 Å². The first-order valence-electron chi connectivity index (χ1n) is 7.35. The maximum atomic E-state index is 12.2. The summed E-state index contributed by atoms with van der Waals surface area (Å²) in [5.74, 6) is -1.03. The highest BCUT2D eigenvalue weighted by Gasteiger charge is 2.17. The summed E-state index contributed by atoms with van der Waals surface area (Å²) in [5, 5.41) is 9.13. The molecule has 0 aromatic heterocycles. The standard InChI is InChI=1S/C16H22N2O3/c1-17(10-11-18-8-4-5-9-18)15(19)12-13-6-2-3-7-14(13)16(20)21/h2-3,6-7H,4-5,8-12H2,1H3,(H,20,21). The van der Waals surface area contributed by atoms with Gasteiger partial charge >= 0.3 is 5.97 Å². The number of carboxylic acids is 1. The second-order valence-corrected chi connectivity index (χ2v) is 5.50. The van der Waals surface area contributed by atoms with Gasteiger partial charge in [0.15, 0.2) is 0 Å². The zero-order valence-electron chi connectivity index (χ0n) is 12.4. The van der Waals surface area contributed by atoms with Crippen LogP contribution >= 0.6 is 0 Å². The van der Waals surface area contributed by atoms with E-state index in [4.69, 9.17) is 5.11 Å². The number of carboxylic acid groups (broad SMARTS) is 1. The van der Waals surface area contributed by atoms with Gasteiger partial charge in [-0.15, -0.1) is 0 Å². The second-order valence-electron chi connectivity index (χ2n) is 5.50. The molecule has 2 rings (SSSR count). The van der Waals surface area contributed by atoms with Crippen molar-refractivity contribution in [3.05, 3.63) is 35.4 Å². The molecule has 0 saturated carbocycles. The molecule has 5 heteroatoms. The van der Waals surface area contributed by atoms with Gasteiger partial charge in [0.25, 0.3) is 0 Å². The van der Waals surface area contributed by atoms with Crippen LogP contribution < -0.4 is 0 Å². The predicted octanol–water partition coefficient (Wildman–Crippen LogP) is 1.48. The summed E-state index contributed by atoms with van der Waals surface area (Å²) in [7, 11) is 1.78. The zero-order chi connectivity index (χ0) is 15.2. The van der Waals surface area contributed by atoms with E-state index < -0.39 is 5.97 Å². The number of amides is 1. The van der Waals surface area contributed by atoms with Gasteiger partial charge in [0.05, 0.1) is 12.0 Å². The van der Waals surface area contributed by atoms with Gasteiger partial charge in [-0.25, -0.2) is 4.79 Å². The molecular formula is C16H22N2O3. The Labute approximate surface area is 125 Å². The molecule has 1 N–H and O–H groups in total. The third kappa shape index (κ3) is 4.29. The molecule has 1 aromatic rings. The van der Waals surface area contributed by atoms with Crippen LogP contribution in [0.4, 0.5) is 0 Å². The fraction of sp³-hybridized carbons (Fsp3) is 0.500. The van der Waals surface area contributed by atoms with Crippen LogP contribution in [0.5, 0.6) is 0 Å². The molecule has 1 fully saturated rings.